The lowest BCUT2D eigenvalue weighted by Crippen LogP contribution is -2.36. The van der Waals surface area contributed by atoms with E-state index in [4.69, 9.17) is 5.73 Å². The maximum absolute atomic E-state index is 13.9. The first-order chi connectivity index (χ1) is 7.70. The second-order valence-electron chi connectivity index (χ2n) is 4.46. The standard InChI is InChI=1S/C14H22FN/c1-3-9-14(11-16,10-4-2)12-7-5-6-8-13(12)15/h5-8H,3-4,9-11,16H2,1-2H3. The average molecular weight is 223 g/mol. The predicted molar refractivity (Wildman–Crippen MR) is 66.9 cm³/mol. The molecule has 0 amide bonds. The summed E-state index contributed by atoms with van der Waals surface area (Å²) >= 11 is 0. The molecule has 2 heteroatoms. The summed E-state index contributed by atoms with van der Waals surface area (Å²) in [7, 11) is 0. The van der Waals surface area contributed by atoms with E-state index in [9.17, 15) is 4.39 Å². The third-order valence-electron chi connectivity index (χ3n) is 3.29. The SMILES string of the molecule is CCCC(CN)(CCC)c1ccccc1F. The van der Waals surface area contributed by atoms with Crippen molar-refractivity contribution in [2.45, 2.75) is 44.9 Å². The van der Waals surface area contributed by atoms with Gasteiger partial charge in [0.05, 0.1) is 0 Å². The highest BCUT2D eigenvalue weighted by Crippen LogP contribution is 2.34. The Morgan fingerprint density at radius 1 is 1.12 bits per heavy atom. The molecule has 0 spiro atoms. The number of halogens is 1. The lowest BCUT2D eigenvalue weighted by atomic mass is 9.73. The molecule has 0 saturated carbocycles. The van der Waals surface area contributed by atoms with Crippen LogP contribution in [0.25, 0.3) is 0 Å². The molecule has 0 radical (unpaired) electrons. The van der Waals surface area contributed by atoms with E-state index in [1.807, 2.05) is 12.1 Å². The zero-order valence-electron chi connectivity index (χ0n) is 10.3. The molecule has 0 aliphatic rings. The molecule has 0 aliphatic heterocycles. The molecule has 2 N–H and O–H groups in total. The van der Waals surface area contributed by atoms with Crippen LogP contribution in [0.3, 0.4) is 0 Å². The fourth-order valence-corrected chi connectivity index (χ4v) is 2.56. The number of rotatable bonds is 6. The van der Waals surface area contributed by atoms with Gasteiger partial charge in [0.1, 0.15) is 5.82 Å². The fourth-order valence-electron chi connectivity index (χ4n) is 2.56. The van der Waals surface area contributed by atoms with Crippen molar-refractivity contribution in [2.24, 2.45) is 5.73 Å². The maximum Gasteiger partial charge on any atom is 0.127 e. The quantitative estimate of drug-likeness (QED) is 0.783. The molecule has 90 valence electrons. The Morgan fingerprint density at radius 2 is 1.69 bits per heavy atom. The van der Waals surface area contributed by atoms with E-state index in [-0.39, 0.29) is 11.2 Å². The van der Waals surface area contributed by atoms with E-state index in [0.717, 1.165) is 31.2 Å². The van der Waals surface area contributed by atoms with Crippen LogP contribution in [-0.2, 0) is 5.41 Å². The largest absolute Gasteiger partial charge is 0.330 e. The van der Waals surface area contributed by atoms with Crippen molar-refractivity contribution >= 4 is 0 Å². The van der Waals surface area contributed by atoms with Gasteiger partial charge in [-0.1, -0.05) is 44.9 Å². The van der Waals surface area contributed by atoms with E-state index >= 15 is 0 Å². The summed E-state index contributed by atoms with van der Waals surface area (Å²) in [6, 6.07) is 7.05. The highest BCUT2D eigenvalue weighted by molar-refractivity contribution is 5.27. The van der Waals surface area contributed by atoms with Crippen LogP contribution in [0.2, 0.25) is 0 Å². The summed E-state index contributed by atoms with van der Waals surface area (Å²) in [6.45, 7) is 4.78. The summed E-state index contributed by atoms with van der Waals surface area (Å²) in [5.41, 5.74) is 6.54. The Morgan fingerprint density at radius 3 is 2.12 bits per heavy atom. The molecule has 1 aromatic rings. The molecule has 0 atom stereocenters. The van der Waals surface area contributed by atoms with Crippen molar-refractivity contribution in [3.63, 3.8) is 0 Å². The molecular weight excluding hydrogens is 201 g/mol. The van der Waals surface area contributed by atoms with Crippen molar-refractivity contribution in [1.29, 1.82) is 0 Å². The molecule has 1 rings (SSSR count). The topological polar surface area (TPSA) is 26.0 Å². The van der Waals surface area contributed by atoms with Crippen LogP contribution in [0, 0.1) is 5.82 Å². The highest BCUT2D eigenvalue weighted by Gasteiger charge is 2.31. The summed E-state index contributed by atoms with van der Waals surface area (Å²) in [6.07, 6.45) is 3.98. The average Bonchev–Trinajstić information content (AvgIpc) is 2.29. The van der Waals surface area contributed by atoms with Crippen LogP contribution in [0.15, 0.2) is 24.3 Å². The van der Waals surface area contributed by atoms with Gasteiger partial charge in [0.25, 0.3) is 0 Å². The minimum atomic E-state index is -0.172. The molecule has 1 nitrogen and oxygen atoms in total. The molecule has 0 bridgehead atoms. The lowest BCUT2D eigenvalue weighted by Gasteiger charge is -2.33. The van der Waals surface area contributed by atoms with Gasteiger partial charge >= 0.3 is 0 Å². The molecule has 0 fully saturated rings. The van der Waals surface area contributed by atoms with Crippen molar-refractivity contribution in [3.8, 4) is 0 Å². The van der Waals surface area contributed by atoms with Crippen LogP contribution in [-0.4, -0.2) is 6.54 Å². The first-order valence-corrected chi connectivity index (χ1v) is 6.15. The van der Waals surface area contributed by atoms with E-state index in [1.165, 1.54) is 6.07 Å². The first kappa shape index (κ1) is 13.2. The minimum absolute atomic E-state index is 0.116. The number of benzene rings is 1. The maximum atomic E-state index is 13.9. The predicted octanol–water partition coefficient (Wildman–Crippen LogP) is 3.62. The Balaban J connectivity index is 3.13. The molecule has 0 unspecified atom stereocenters. The summed E-state index contributed by atoms with van der Waals surface area (Å²) in [5, 5.41) is 0. The number of hydrogen-bond acceptors (Lipinski definition) is 1. The smallest absolute Gasteiger partial charge is 0.127 e. The van der Waals surface area contributed by atoms with E-state index in [0.29, 0.717) is 6.54 Å². The van der Waals surface area contributed by atoms with Gasteiger partial charge in [-0.25, -0.2) is 4.39 Å². The van der Waals surface area contributed by atoms with Crippen LogP contribution in [0.4, 0.5) is 4.39 Å². The monoisotopic (exact) mass is 223 g/mol. The van der Waals surface area contributed by atoms with E-state index in [1.54, 1.807) is 6.07 Å². The zero-order chi connectivity index (χ0) is 12.0. The first-order valence-electron chi connectivity index (χ1n) is 6.15. The van der Waals surface area contributed by atoms with E-state index < -0.39 is 0 Å². The lowest BCUT2D eigenvalue weighted by molar-refractivity contribution is 0.351. The van der Waals surface area contributed by atoms with Gasteiger partial charge in [0.2, 0.25) is 0 Å². The summed E-state index contributed by atoms with van der Waals surface area (Å²) in [4.78, 5) is 0. The van der Waals surface area contributed by atoms with Crippen LogP contribution in [0.1, 0.15) is 45.1 Å². The normalized spacial score (nSPS) is 11.8. The van der Waals surface area contributed by atoms with Crippen molar-refractivity contribution in [2.75, 3.05) is 6.54 Å². The summed E-state index contributed by atoms with van der Waals surface area (Å²) in [5.74, 6) is -0.116. The Kier molecular flexibility index (Phi) is 4.94. The second kappa shape index (κ2) is 6.00. The zero-order valence-corrected chi connectivity index (χ0v) is 10.3. The fraction of sp³-hybridized carbons (Fsp3) is 0.571. The van der Waals surface area contributed by atoms with Gasteiger partial charge in [-0.05, 0) is 24.5 Å². The van der Waals surface area contributed by atoms with Crippen LogP contribution < -0.4 is 5.73 Å². The van der Waals surface area contributed by atoms with Crippen LogP contribution in [0.5, 0.6) is 0 Å². The minimum Gasteiger partial charge on any atom is -0.330 e. The Hall–Kier alpha value is -0.890. The molecule has 0 heterocycles. The van der Waals surface area contributed by atoms with Crippen molar-refractivity contribution in [3.05, 3.63) is 35.6 Å². The van der Waals surface area contributed by atoms with Crippen LogP contribution >= 0.6 is 0 Å². The molecule has 0 saturated heterocycles. The van der Waals surface area contributed by atoms with Gasteiger partial charge in [-0.2, -0.15) is 0 Å². The van der Waals surface area contributed by atoms with Gasteiger partial charge < -0.3 is 5.73 Å². The van der Waals surface area contributed by atoms with Gasteiger partial charge in [-0.3, -0.25) is 0 Å². The third kappa shape index (κ3) is 2.62. The van der Waals surface area contributed by atoms with Crippen molar-refractivity contribution in [1.82, 2.24) is 0 Å². The van der Waals surface area contributed by atoms with Crippen molar-refractivity contribution < 1.29 is 4.39 Å². The number of hydrogen-bond donors (Lipinski definition) is 1. The third-order valence-corrected chi connectivity index (χ3v) is 3.29. The van der Waals surface area contributed by atoms with Gasteiger partial charge in [0.15, 0.2) is 0 Å². The molecule has 1 aromatic carbocycles. The molecule has 16 heavy (non-hydrogen) atoms. The van der Waals surface area contributed by atoms with Gasteiger partial charge in [-0.15, -0.1) is 0 Å². The number of nitrogens with two attached hydrogens (primary N) is 1. The second-order valence-corrected chi connectivity index (χ2v) is 4.46. The Bertz CT molecular complexity index is 316. The Labute approximate surface area is 97.9 Å². The molecular formula is C14H22FN. The summed E-state index contributed by atoms with van der Waals surface area (Å²) < 4.78 is 13.9. The molecule has 0 aromatic heterocycles. The highest BCUT2D eigenvalue weighted by atomic mass is 19.1. The van der Waals surface area contributed by atoms with E-state index in [2.05, 4.69) is 13.8 Å². The molecule has 0 aliphatic carbocycles. The van der Waals surface area contributed by atoms with Gasteiger partial charge in [0, 0.05) is 12.0 Å².